The fourth-order valence-corrected chi connectivity index (χ4v) is 1.09. The van der Waals surface area contributed by atoms with Crippen molar-refractivity contribution >= 4 is 0 Å². The van der Waals surface area contributed by atoms with E-state index >= 15 is 0 Å². The van der Waals surface area contributed by atoms with Crippen molar-refractivity contribution in [2.24, 2.45) is 0 Å². The SMILES string of the molecule is C=CCC(OCCO)c1ccco1. The molecule has 1 rings (SSSR count). The minimum absolute atomic E-state index is 0.0222. The molecular weight excluding hydrogens is 168 g/mol. The molecular formula is C10H14O3. The summed E-state index contributed by atoms with van der Waals surface area (Å²) >= 11 is 0. The maximum Gasteiger partial charge on any atom is 0.132 e. The molecule has 0 saturated heterocycles. The van der Waals surface area contributed by atoms with E-state index in [1.54, 1.807) is 12.3 Å². The highest BCUT2D eigenvalue weighted by atomic mass is 16.5. The van der Waals surface area contributed by atoms with Crippen molar-refractivity contribution in [2.75, 3.05) is 13.2 Å². The quantitative estimate of drug-likeness (QED) is 0.683. The molecule has 72 valence electrons. The number of hydrogen-bond donors (Lipinski definition) is 1. The summed E-state index contributed by atoms with van der Waals surface area (Å²) < 4.78 is 10.6. The summed E-state index contributed by atoms with van der Waals surface area (Å²) in [5.74, 6) is 0.772. The van der Waals surface area contributed by atoms with Crippen LogP contribution in [-0.2, 0) is 4.74 Å². The normalized spacial score (nSPS) is 12.7. The van der Waals surface area contributed by atoms with Crippen LogP contribution in [0.3, 0.4) is 0 Å². The van der Waals surface area contributed by atoms with Crippen LogP contribution in [0.1, 0.15) is 18.3 Å². The molecule has 0 aliphatic carbocycles. The maximum absolute atomic E-state index is 8.60. The molecule has 0 aliphatic heterocycles. The van der Waals surface area contributed by atoms with Crippen molar-refractivity contribution < 1.29 is 14.3 Å². The van der Waals surface area contributed by atoms with Gasteiger partial charge in [-0.05, 0) is 18.6 Å². The van der Waals surface area contributed by atoms with Gasteiger partial charge in [0.1, 0.15) is 11.9 Å². The van der Waals surface area contributed by atoms with Crippen molar-refractivity contribution in [2.45, 2.75) is 12.5 Å². The number of hydrogen-bond acceptors (Lipinski definition) is 3. The molecule has 0 spiro atoms. The van der Waals surface area contributed by atoms with Gasteiger partial charge in [0.15, 0.2) is 0 Å². The van der Waals surface area contributed by atoms with Crippen molar-refractivity contribution in [3.8, 4) is 0 Å². The third-order valence-electron chi connectivity index (χ3n) is 1.65. The summed E-state index contributed by atoms with van der Waals surface area (Å²) in [6, 6.07) is 3.67. The monoisotopic (exact) mass is 182 g/mol. The minimum atomic E-state index is -0.125. The van der Waals surface area contributed by atoms with Gasteiger partial charge < -0.3 is 14.3 Å². The van der Waals surface area contributed by atoms with E-state index in [9.17, 15) is 0 Å². The number of aliphatic hydroxyl groups is 1. The lowest BCUT2D eigenvalue weighted by atomic mass is 10.2. The van der Waals surface area contributed by atoms with E-state index in [1.165, 1.54) is 0 Å². The molecule has 0 fully saturated rings. The van der Waals surface area contributed by atoms with Crippen LogP contribution >= 0.6 is 0 Å². The maximum atomic E-state index is 8.60. The lowest BCUT2D eigenvalue weighted by molar-refractivity contribution is 0.0177. The largest absolute Gasteiger partial charge is 0.467 e. The second kappa shape index (κ2) is 5.56. The van der Waals surface area contributed by atoms with Gasteiger partial charge in [-0.25, -0.2) is 0 Å². The van der Waals surface area contributed by atoms with Crippen LogP contribution in [0.15, 0.2) is 35.5 Å². The molecule has 0 radical (unpaired) electrons. The highest BCUT2D eigenvalue weighted by molar-refractivity contribution is 5.03. The predicted octanol–water partition coefficient (Wildman–Crippen LogP) is 1.91. The summed E-state index contributed by atoms with van der Waals surface area (Å²) in [5, 5.41) is 8.60. The Kier molecular flexibility index (Phi) is 4.29. The van der Waals surface area contributed by atoms with E-state index in [0.29, 0.717) is 13.0 Å². The van der Waals surface area contributed by atoms with Crippen molar-refractivity contribution in [3.05, 3.63) is 36.8 Å². The summed E-state index contributed by atoms with van der Waals surface area (Å²) in [5.41, 5.74) is 0. The lowest BCUT2D eigenvalue weighted by Gasteiger charge is -2.12. The number of furan rings is 1. The Hall–Kier alpha value is -1.06. The van der Waals surface area contributed by atoms with Crippen LogP contribution in [0.4, 0.5) is 0 Å². The van der Waals surface area contributed by atoms with Gasteiger partial charge in [0.2, 0.25) is 0 Å². The zero-order valence-electron chi connectivity index (χ0n) is 7.48. The topological polar surface area (TPSA) is 42.6 Å². The predicted molar refractivity (Wildman–Crippen MR) is 49.3 cm³/mol. The highest BCUT2D eigenvalue weighted by Crippen LogP contribution is 2.21. The average molecular weight is 182 g/mol. The first-order valence-electron chi connectivity index (χ1n) is 4.25. The number of aliphatic hydroxyl groups excluding tert-OH is 1. The Morgan fingerprint density at radius 1 is 1.69 bits per heavy atom. The standard InChI is InChI=1S/C10H14O3/c1-2-4-9(13-8-6-11)10-5-3-7-12-10/h2-3,5,7,9,11H,1,4,6,8H2. The van der Waals surface area contributed by atoms with Crippen LogP contribution in [0, 0.1) is 0 Å². The summed E-state index contributed by atoms with van der Waals surface area (Å²) in [7, 11) is 0. The molecule has 1 heterocycles. The van der Waals surface area contributed by atoms with Gasteiger partial charge in [0.05, 0.1) is 19.5 Å². The molecule has 1 aromatic heterocycles. The van der Waals surface area contributed by atoms with Crippen molar-refractivity contribution in [1.29, 1.82) is 0 Å². The molecule has 1 unspecified atom stereocenters. The minimum Gasteiger partial charge on any atom is -0.467 e. The second-order valence-electron chi connectivity index (χ2n) is 2.62. The van der Waals surface area contributed by atoms with E-state index in [0.717, 1.165) is 5.76 Å². The van der Waals surface area contributed by atoms with Gasteiger partial charge in [-0.3, -0.25) is 0 Å². The van der Waals surface area contributed by atoms with Gasteiger partial charge >= 0.3 is 0 Å². The van der Waals surface area contributed by atoms with Gasteiger partial charge in [-0.2, -0.15) is 0 Å². The molecule has 1 aromatic rings. The van der Waals surface area contributed by atoms with Crippen LogP contribution in [0.5, 0.6) is 0 Å². The Balaban J connectivity index is 2.51. The molecule has 0 saturated carbocycles. The Morgan fingerprint density at radius 3 is 3.08 bits per heavy atom. The molecule has 3 nitrogen and oxygen atoms in total. The zero-order chi connectivity index (χ0) is 9.52. The second-order valence-corrected chi connectivity index (χ2v) is 2.62. The smallest absolute Gasteiger partial charge is 0.132 e. The zero-order valence-corrected chi connectivity index (χ0v) is 7.48. The lowest BCUT2D eigenvalue weighted by Crippen LogP contribution is -2.06. The van der Waals surface area contributed by atoms with Gasteiger partial charge in [0.25, 0.3) is 0 Å². The average Bonchev–Trinajstić information content (AvgIpc) is 2.65. The first kappa shape index (κ1) is 10.0. The fourth-order valence-electron chi connectivity index (χ4n) is 1.09. The first-order valence-corrected chi connectivity index (χ1v) is 4.25. The van der Waals surface area contributed by atoms with Gasteiger partial charge in [-0.15, -0.1) is 6.58 Å². The highest BCUT2D eigenvalue weighted by Gasteiger charge is 2.12. The Bertz CT molecular complexity index is 228. The van der Waals surface area contributed by atoms with Gasteiger partial charge in [-0.1, -0.05) is 6.08 Å². The van der Waals surface area contributed by atoms with E-state index in [4.69, 9.17) is 14.3 Å². The number of rotatable bonds is 6. The van der Waals surface area contributed by atoms with E-state index in [1.807, 2.05) is 12.1 Å². The molecule has 1 N–H and O–H groups in total. The third-order valence-corrected chi connectivity index (χ3v) is 1.65. The Labute approximate surface area is 77.6 Å². The number of ether oxygens (including phenoxy) is 1. The molecule has 13 heavy (non-hydrogen) atoms. The van der Waals surface area contributed by atoms with Crippen LogP contribution < -0.4 is 0 Å². The van der Waals surface area contributed by atoms with E-state index in [2.05, 4.69) is 6.58 Å². The summed E-state index contributed by atoms with van der Waals surface area (Å²) in [6.07, 6.45) is 3.94. The fraction of sp³-hybridized carbons (Fsp3) is 0.400. The first-order chi connectivity index (χ1) is 6.38. The van der Waals surface area contributed by atoms with Crippen LogP contribution in [0.2, 0.25) is 0 Å². The molecule has 0 aliphatic rings. The molecule has 0 aromatic carbocycles. The molecule has 0 amide bonds. The van der Waals surface area contributed by atoms with E-state index < -0.39 is 0 Å². The molecule has 3 heteroatoms. The van der Waals surface area contributed by atoms with Crippen molar-refractivity contribution in [1.82, 2.24) is 0 Å². The molecule has 0 bridgehead atoms. The summed E-state index contributed by atoms with van der Waals surface area (Å²) in [6.45, 7) is 3.98. The van der Waals surface area contributed by atoms with Gasteiger partial charge in [0, 0.05) is 0 Å². The van der Waals surface area contributed by atoms with E-state index in [-0.39, 0.29) is 12.7 Å². The van der Waals surface area contributed by atoms with Crippen LogP contribution in [-0.4, -0.2) is 18.3 Å². The van der Waals surface area contributed by atoms with Crippen molar-refractivity contribution in [3.63, 3.8) is 0 Å². The third kappa shape index (κ3) is 3.05. The summed E-state index contributed by atoms with van der Waals surface area (Å²) in [4.78, 5) is 0. The molecule has 1 atom stereocenters. The van der Waals surface area contributed by atoms with Crippen LogP contribution in [0.25, 0.3) is 0 Å². The Morgan fingerprint density at radius 2 is 2.54 bits per heavy atom.